The van der Waals surface area contributed by atoms with E-state index in [0.29, 0.717) is 32.0 Å². The molecule has 0 atom stereocenters. The number of morpholine rings is 1. The zero-order valence-electron chi connectivity index (χ0n) is 15.1. The lowest BCUT2D eigenvalue weighted by Crippen LogP contribution is -2.37. The summed E-state index contributed by atoms with van der Waals surface area (Å²) in [6, 6.07) is 3.20. The van der Waals surface area contributed by atoms with Gasteiger partial charge in [0.15, 0.2) is 0 Å². The number of hydrogen-bond acceptors (Lipinski definition) is 5. The zero-order chi connectivity index (χ0) is 20.3. The minimum atomic E-state index is -4.54. The van der Waals surface area contributed by atoms with E-state index in [0.717, 1.165) is 17.0 Å². The smallest absolute Gasteiger partial charge is 0.378 e. The van der Waals surface area contributed by atoms with Crippen LogP contribution in [0.15, 0.2) is 18.2 Å². The number of anilines is 2. The molecule has 0 radical (unpaired) electrons. The summed E-state index contributed by atoms with van der Waals surface area (Å²) in [4.78, 5) is 38.3. The van der Waals surface area contributed by atoms with Gasteiger partial charge in [0.1, 0.15) is 0 Å². The molecular formula is C18H20F3N3O4. The molecule has 2 aliphatic heterocycles. The molecule has 1 aromatic rings. The largest absolute Gasteiger partial charge is 0.416 e. The summed E-state index contributed by atoms with van der Waals surface area (Å²) in [6.07, 6.45) is -4.49. The molecule has 7 nitrogen and oxygen atoms in total. The summed E-state index contributed by atoms with van der Waals surface area (Å²) in [5.74, 6) is -1.25. The van der Waals surface area contributed by atoms with Gasteiger partial charge in [-0.25, -0.2) is 0 Å². The molecule has 152 valence electrons. The van der Waals surface area contributed by atoms with Crippen molar-refractivity contribution < 1.29 is 32.3 Å². The number of likely N-dealkylation sites (tertiary alicyclic amines) is 1. The van der Waals surface area contributed by atoms with E-state index in [1.807, 2.05) is 4.90 Å². The average Bonchev–Trinajstić information content (AvgIpc) is 2.98. The molecule has 0 unspecified atom stereocenters. The number of imide groups is 1. The standard InChI is InChI=1S/C18H20F3N3O4/c19-18(20,21)12-1-2-14(23-7-9-28-10-8-23)13(11-12)22-15(25)5-6-24-16(26)3-4-17(24)27/h1-2,11H,3-10H2,(H,22,25). The van der Waals surface area contributed by atoms with E-state index in [-0.39, 0.29) is 43.3 Å². The molecule has 0 saturated carbocycles. The second-order valence-corrected chi connectivity index (χ2v) is 6.57. The normalized spacial score (nSPS) is 18.0. The fourth-order valence-electron chi connectivity index (χ4n) is 3.19. The Labute approximate surface area is 159 Å². The highest BCUT2D eigenvalue weighted by Gasteiger charge is 2.32. The molecule has 2 aliphatic rings. The number of carbonyl (C=O) groups is 3. The molecule has 2 fully saturated rings. The fourth-order valence-corrected chi connectivity index (χ4v) is 3.19. The van der Waals surface area contributed by atoms with Gasteiger partial charge in [-0.05, 0) is 18.2 Å². The molecule has 0 spiro atoms. The molecule has 3 rings (SSSR count). The Balaban J connectivity index is 1.74. The molecule has 1 N–H and O–H groups in total. The Hall–Kier alpha value is -2.62. The van der Waals surface area contributed by atoms with Crippen molar-refractivity contribution in [1.29, 1.82) is 0 Å². The van der Waals surface area contributed by atoms with E-state index in [1.165, 1.54) is 6.07 Å². The first-order chi connectivity index (χ1) is 13.3. The lowest BCUT2D eigenvalue weighted by molar-refractivity contribution is -0.139. The summed E-state index contributed by atoms with van der Waals surface area (Å²) >= 11 is 0. The molecule has 2 saturated heterocycles. The van der Waals surface area contributed by atoms with Gasteiger partial charge in [0.25, 0.3) is 0 Å². The van der Waals surface area contributed by atoms with Crippen LogP contribution in [0, 0.1) is 0 Å². The van der Waals surface area contributed by atoms with Gasteiger partial charge in [-0.2, -0.15) is 13.2 Å². The number of alkyl halides is 3. The maximum absolute atomic E-state index is 13.1. The van der Waals surface area contributed by atoms with Crippen LogP contribution in [-0.4, -0.2) is 55.5 Å². The predicted octanol–water partition coefficient (Wildman–Crippen LogP) is 2.02. The molecule has 0 bridgehead atoms. The third-order valence-electron chi connectivity index (χ3n) is 4.67. The van der Waals surface area contributed by atoms with Gasteiger partial charge < -0.3 is 15.0 Å². The zero-order valence-corrected chi connectivity index (χ0v) is 15.1. The average molecular weight is 399 g/mol. The van der Waals surface area contributed by atoms with Gasteiger partial charge >= 0.3 is 6.18 Å². The molecule has 2 heterocycles. The van der Waals surface area contributed by atoms with E-state index < -0.39 is 17.6 Å². The van der Waals surface area contributed by atoms with Crippen molar-refractivity contribution in [3.8, 4) is 0 Å². The first kappa shape index (κ1) is 20.1. The molecule has 10 heteroatoms. The molecule has 0 aromatic heterocycles. The van der Waals surface area contributed by atoms with E-state index in [1.54, 1.807) is 0 Å². The van der Waals surface area contributed by atoms with Crippen molar-refractivity contribution in [2.45, 2.75) is 25.4 Å². The van der Waals surface area contributed by atoms with Gasteiger partial charge in [-0.1, -0.05) is 0 Å². The first-order valence-electron chi connectivity index (χ1n) is 8.92. The topological polar surface area (TPSA) is 79.0 Å². The maximum Gasteiger partial charge on any atom is 0.416 e. The number of hydrogen-bond donors (Lipinski definition) is 1. The third kappa shape index (κ3) is 4.61. The number of amides is 3. The minimum Gasteiger partial charge on any atom is -0.378 e. The Bertz CT molecular complexity index is 760. The molecule has 1 aromatic carbocycles. The number of nitrogens with zero attached hydrogens (tertiary/aromatic N) is 2. The fraction of sp³-hybridized carbons (Fsp3) is 0.500. The predicted molar refractivity (Wildman–Crippen MR) is 93.7 cm³/mol. The van der Waals surface area contributed by atoms with Crippen LogP contribution in [0.25, 0.3) is 0 Å². The van der Waals surface area contributed by atoms with Gasteiger partial charge in [0.05, 0.1) is 30.2 Å². The van der Waals surface area contributed by atoms with Crippen LogP contribution in [-0.2, 0) is 25.3 Å². The van der Waals surface area contributed by atoms with Crippen molar-refractivity contribution in [2.24, 2.45) is 0 Å². The van der Waals surface area contributed by atoms with Crippen molar-refractivity contribution in [1.82, 2.24) is 4.90 Å². The highest BCUT2D eigenvalue weighted by Crippen LogP contribution is 2.35. The van der Waals surface area contributed by atoms with Crippen LogP contribution in [0.4, 0.5) is 24.5 Å². The van der Waals surface area contributed by atoms with E-state index in [2.05, 4.69) is 5.32 Å². The van der Waals surface area contributed by atoms with Crippen LogP contribution in [0.3, 0.4) is 0 Å². The number of ether oxygens (including phenoxy) is 1. The summed E-state index contributed by atoms with van der Waals surface area (Å²) < 4.78 is 44.5. The SMILES string of the molecule is O=C(CCN1C(=O)CCC1=O)Nc1cc(C(F)(F)F)ccc1N1CCOCC1. The molecular weight excluding hydrogens is 379 g/mol. The Morgan fingerprint density at radius 3 is 2.36 bits per heavy atom. The number of rotatable bonds is 5. The van der Waals surface area contributed by atoms with Crippen molar-refractivity contribution in [2.75, 3.05) is 43.1 Å². The van der Waals surface area contributed by atoms with Crippen LogP contribution < -0.4 is 10.2 Å². The second-order valence-electron chi connectivity index (χ2n) is 6.57. The van der Waals surface area contributed by atoms with Crippen LogP contribution in [0.1, 0.15) is 24.8 Å². The van der Waals surface area contributed by atoms with Crippen LogP contribution >= 0.6 is 0 Å². The minimum absolute atomic E-state index is 0.0424. The quantitative estimate of drug-likeness (QED) is 0.767. The Morgan fingerprint density at radius 2 is 1.75 bits per heavy atom. The van der Waals surface area contributed by atoms with E-state index in [4.69, 9.17) is 4.74 Å². The monoisotopic (exact) mass is 399 g/mol. The third-order valence-corrected chi connectivity index (χ3v) is 4.67. The van der Waals surface area contributed by atoms with Gasteiger partial charge in [0.2, 0.25) is 17.7 Å². The molecule has 3 amide bonds. The highest BCUT2D eigenvalue weighted by molar-refractivity contribution is 6.02. The summed E-state index contributed by atoms with van der Waals surface area (Å²) in [7, 11) is 0. The summed E-state index contributed by atoms with van der Waals surface area (Å²) in [5, 5.41) is 2.50. The number of benzene rings is 1. The highest BCUT2D eigenvalue weighted by atomic mass is 19.4. The van der Waals surface area contributed by atoms with Crippen molar-refractivity contribution in [3.05, 3.63) is 23.8 Å². The molecule has 0 aliphatic carbocycles. The lowest BCUT2D eigenvalue weighted by Gasteiger charge is -2.31. The lowest BCUT2D eigenvalue weighted by atomic mass is 10.1. The Morgan fingerprint density at radius 1 is 1.11 bits per heavy atom. The molecule has 28 heavy (non-hydrogen) atoms. The number of nitrogens with one attached hydrogen (secondary N) is 1. The van der Waals surface area contributed by atoms with Crippen molar-refractivity contribution >= 4 is 29.1 Å². The van der Waals surface area contributed by atoms with E-state index in [9.17, 15) is 27.6 Å². The van der Waals surface area contributed by atoms with Gasteiger partial charge in [-0.3, -0.25) is 19.3 Å². The van der Waals surface area contributed by atoms with Crippen LogP contribution in [0.2, 0.25) is 0 Å². The van der Waals surface area contributed by atoms with Crippen molar-refractivity contribution in [3.63, 3.8) is 0 Å². The first-order valence-corrected chi connectivity index (χ1v) is 8.92. The van der Waals surface area contributed by atoms with E-state index >= 15 is 0 Å². The Kier molecular flexibility index (Phi) is 5.87. The van der Waals surface area contributed by atoms with Gasteiger partial charge in [0, 0.05) is 38.9 Å². The van der Waals surface area contributed by atoms with Gasteiger partial charge in [-0.15, -0.1) is 0 Å². The number of halogens is 3. The second kappa shape index (κ2) is 8.17. The summed E-state index contributed by atoms with van der Waals surface area (Å²) in [6.45, 7) is 1.77. The maximum atomic E-state index is 13.1. The van der Waals surface area contributed by atoms with Crippen LogP contribution in [0.5, 0.6) is 0 Å². The summed E-state index contributed by atoms with van der Waals surface area (Å²) in [5.41, 5.74) is -0.358. The number of carbonyl (C=O) groups excluding carboxylic acids is 3.